The van der Waals surface area contributed by atoms with Gasteiger partial charge in [-0.15, -0.1) is 0 Å². The molecule has 0 aliphatic carbocycles. The summed E-state index contributed by atoms with van der Waals surface area (Å²) >= 11 is 6.15. The third-order valence-electron chi connectivity index (χ3n) is 3.85. The van der Waals surface area contributed by atoms with Gasteiger partial charge < -0.3 is 9.84 Å². The molecule has 0 saturated heterocycles. The van der Waals surface area contributed by atoms with Gasteiger partial charge in [0.2, 0.25) is 0 Å². The molecule has 1 N–H and O–H groups in total. The summed E-state index contributed by atoms with van der Waals surface area (Å²) in [5.41, 5.74) is 1.99. The first-order valence-electron chi connectivity index (χ1n) is 6.90. The van der Waals surface area contributed by atoms with E-state index < -0.39 is 6.10 Å². The summed E-state index contributed by atoms with van der Waals surface area (Å²) in [5, 5.41) is 11.1. The summed E-state index contributed by atoms with van der Waals surface area (Å²) < 4.78 is 5.66. The fourth-order valence-corrected chi connectivity index (χ4v) is 3.06. The average molecular weight is 289 g/mol. The van der Waals surface area contributed by atoms with E-state index in [2.05, 4.69) is 6.07 Å². The molecule has 104 valence electrons. The van der Waals surface area contributed by atoms with E-state index in [9.17, 15) is 5.11 Å². The lowest BCUT2D eigenvalue weighted by atomic mass is 9.86. The van der Waals surface area contributed by atoms with Crippen molar-refractivity contribution in [2.24, 2.45) is 0 Å². The van der Waals surface area contributed by atoms with E-state index in [0.29, 0.717) is 24.0 Å². The maximum atomic E-state index is 10.5. The second-order valence-electron chi connectivity index (χ2n) is 5.14. The first kappa shape index (κ1) is 13.5. The maximum Gasteiger partial charge on any atom is 0.122 e. The Balaban J connectivity index is 1.81. The summed E-state index contributed by atoms with van der Waals surface area (Å²) in [6, 6.07) is 15.6. The third-order valence-corrected chi connectivity index (χ3v) is 4.20. The predicted octanol–water partition coefficient (Wildman–Crippen LogP) is 4.33. The number of halogens is 1. The van der Waals surface area contributed by atoms with Gasteiger partial charge in [0.05, 0.1) is 12.7 Å². The Bertz CT molecular complexity index is 597. The molecule has 2 atom stereocenters. The van der Waals surface area contributed by atoms with E-state index >= 15 is 0 Å². The van der Waals surface area contributed by atoms with Crippen molar-refractivity contribution in [3.63, 3.8) is 0 Å². The van der Waals surface area contributed by atoms with Crippen LogP contribution in [-0.4, -0.2) is 11.7 Å². The Morgan fingerprint density at radius 2 is 1.90 bits per heavy atom. The lowest BCUT2D eigenvalue weighted by Crippen LogP contribution is -2.16. The maximum absolute atomic E-state index is 10.5. The van der Waals surface area contributed by atoms with Crippen LogP contribution in [0.5, 0.6) is 5.75 Å². The van der Waals surface area contributed by atoms with Gasteiger partial charge in [-0.3, -0.25) is 0 Å². The van der Waals surface area contributed by atoms with Crippen LogP contribution in [0.2, 0.25) is 5.02 Å². The fourth-order valence-electron chi connectivity index (χ4n) is 2.80. The van der Waals surface area contributed by atoms with E-state index in [-0.39, 0.29) is 0 Å². The molecule has 0 fully saturated rings. The number of benzene rings is 2. The van der Waals surface area contributed by atoms with Gasteiger partial charge in [-0.05, 0) is 42.0 Å². The minimum atomic E-state index is -0.542. The van der Waals surface area contributed by atoms with Crippen LogP contribution in [-0.2, 0) is 0 Å². The highest BCUT2D eigenvalue weighted by Crippen LogP contribution is 2.39. The molecule has 0 spiro atoms. The van der Waals surface area contributed by atoms with Crippen molar-refractivity contribution in [2.45, 2.75) is 24.9 Å². The van der Waals surface area contributed by atoms with Crippen molar-refractivity contribution in [2.75, 3.05) is 6.61 Å². The summed E-state index contributed by atoms with van der Waals surface area (Å²) in [6.07, 6.45) is 1.06. The molecule has 20 heavy (non-hydrogen) atoms. The largest absolute Gasteiger partial charge is 0.493 e. The molecule has 1 aliphatic heterocycles. The monoisotopic (exact) mass is 288 g/mol. The smallest absolute Gasteiger partial charge is 0.122 e. The molecule has 1 heterocycles. The van der Waals surface area contributed by atoms with Gasteiger partial charge in [0.1, 0.15) is 5.75 Å². The topological polar surface area (TPSA) is 29.5 Å². The van der Waals surface area contributed by atoms with Gasteiger partial charge in [-0.25, -0.2) is 0 Å². The van der Waals surface area contributed by atoms with Crippen LogP contribution in [0.1, 0.15) is 36.0 Å². The highest BCUT2D eigenvalue weighted by Gasteiger charge is 2.24. The van der Waals surface area contributed by atoms with Gasteiger partial charge in [0.25, 0.3) is 0 Å². The Kier molecular flexibility index (Phi) is 3.95. The summed E-state index contributed by atoms with van der Waals surface area (Å²) in [4.78, 5) is 0. The standard InChI is InChI=1S/C17H17ClO2/c18-15-7-3-1-6-14(15)16(19)11-12-9-10-20-17-8-4-2-5-13(12)17/h1-8,12,16,19H,9-11H2. The first-order valence-corrected chi connectivity index (χ1v) is 7.27. The molecule has 0 saturated carbocycles. The van der Waals surface area contributed by atoms with Crippen molar-refractivity contribution < 1.29 is 9.84 Å². The quantitative estimate of drug-likeness (QED) is 0.911. The number of aliphatic hydroxyl groups is 1. The van der Waals surface area contributed by atoms with E-state index in [0.717, 1.165) is 17.7 Å². The van der Waals surface area contributed by atoms with Crippen LogP contribution in [0.15, 0.2) is 48.5 Å². The number of hydrogen-bond acceptors (Lipinski definition) is 2. The van der Waals surface area contributed by atoms with E-state index in [1.165, 1.54) is 5.56 Å². The second kappa shape index (κ2) is 5.86. The van der Waals surface area contributed by atoms with Crippen LogP contribution in [0.3, 0.4) is 0 Å². The minimum Gasteiger partial charge on any atom is -0.493 e. The molecule has 3 rings (SSSR count). The fraction of sp³-hybridized carbons (Fsp3) is 0.294. The molecule has 2 unspecified atom stereocenters. The van der Waals surface area contributed by atoms with Gasteiger partial charge in [0.15, 0.2) is 0 Å². The number of rotatable bonds is 3. The number of hydrogen-bond donors (Lipinski definition) is 1. The highest BCUT2D eigenvalue weighted by molar-refractivity contribution is 6.31. The van der Waals surface area contributed by atoms with Crippen LogP contribution in [0, 0.1) is 0 Å². The van der Waals surface area contributed by atoms with Crippen molar-refractivity contribution in [3.05, 3.63) is 64.7 Å². The molecule has 2 nitrogen and oxygen atoms in total. The highest BCUT2D eigenvalue weighted by atomic mass is 35.5. The molecular formula is C17H17ClO2. The SMILES string of the molecule is OC(CC1CCOc2ccccc21)c1ccccc1Cl. The molecule has 2 aromatic carbocycles. The second-order valence-corrected chi connectivity index (χ2v) is 5.55. The van der Waals surface area contributed by atoms with Gasteiger partial charge in [0, 0.05) is 5.02 Å². The predicted molar refractivity (Wildman–Crippen MR) is 80.3 cm³/mol. The average Bonchev–Trinajstić information content (AvgIpc) is 2.48. The first-order chi connectivity index (χ1) is 9.75. The Morgan fingerprint density at radius 1 is 1.15 bits per heavy atom. The lowest BCUT2D eigenvalue weighted by Gasteiger charge is -2.27. The number of para-hydroxylation sites is 1. The number of ether oxygens (including phenoxy) is 1. The van der Waals surface area contributed by atoms with E-state index in [1.54, 1.807) is 0 Å². The molecule has 0 bridgehead atoms. The molecule has 0 amide bonds. The van der Waals surface area contributed by atoms with Gasteiger partial charge in [-0.2, -0.15) is 0 Å². The van der Waals surface area contributed by atoms with Crippen molar-refractivity contribution in [3.8, 4) is 5.75 Å². The van der Waals surface area contributed by atoms with Crippen molar-refractivity contribution in [1.82, 2.24) is 0 Å². The third kappa shape index (κ3) is 2.67. The summed E-state index contributed by atoms with van der Waals surface area (Å²) in [5.74, 6) is 1.25. The lowest BCUT2D eigenvalue weighted by molar-refractivity contribution is 0.145. The molecule has 3 heteroatoms. The number of fused-ring (bicyclic) bond motifs is 1. The molecule has 2 aromatic rings. The van der Waals surface area contributed by atoms with Crippen LogP contribution in [0.25, 0.3) is 0 Å². The van der Waals surface area contributed by atoms with Crippen molar-refractivity contribution in [1.29, 1.82) is 0 Å². The zero-order valence-corrected chi connectivity index (χ0v) is 11.9. The van der Waals surface area contributed by atoms with Gasteiger partial charge in [-0.1, -0.05) is 48.0 Å². The van der Waals surface area contributed by atoms with Crippen LogP contribution >= 0.6 is 11.6 Å². The molecule has 0 radical (unpaired) electrons. The van der Waals surface area contributed by atoms with Crippen LogP contribution in [0.4, 0.5) is 0 Å². The van der Waals surface area contributed by atoms with E-state index in [1.807, 2.05) is 42.5 Å². The number of aliphatic hydroxyl groups excluding tert-OH is 1. The molecular weight excluding hydrogens is 272 g/mol. The zero-order valence-electron chi connectivity index (χ0n) is 11.1. The van der Waals surface area contributed by atoms with E-state index in [4.69, 9.17) is 16.3 Å². The minimum absolute atomic E-state index is 0.311. The zero-order chi connectivity index (χ0) is 13.9. The Labute approximate surface area is 124 Å². The molecule has 1 aliphatic rings. The van der Waals surface area contributed by atoms with Crippen LogP contribution < -0.4 is 4.74 Å². The Hall–Kier alpha value is -1.51. The summed E-state index contributed by atoms with van der Waals surface area (Å²) in [6.45, 7) is 0.705. The Morgan fingerprint density at radius 3 is 2.75 bits per heavy atom. The van der Waals surface area contributed by atoms with Crippen molar-refractivity contribution >= 4 is 11.6 Å². The normalized spacial score (nSPS) is 19.0. The summed E-state index contributed by atoms with van der Waals surface area (Å²) in [7, 11) is 0. The molecule has 0 aromatic heterocycles. The van der Waals surface area contributed by atoms with Gasteiger partial charge >= 0.3 is 0 Å².